The summed E-state index contributed by atoms with van der Waals surface area (Å²) in [6, 6.07) is -0.591. The predicted molar refractivity (Wildman–Crippen MR) is 47.1 cm³/mol. The molecule has 1 atom stereocenters. The van der Waals surface area contributed by atoms with Gasteiger partial charge in [-0.1, -0.05) is 0 Å². The zero-order chi connectivity index (χ0) is 8.69. The normalized spacial score (nSPS) is 11.6. The zero-order valence-corrected chi connectivity index (χ0v) is 7.90. The van der Waals surface area contributed by atoms with E-state index < -0.39 is 12.0 Å². The Bertz CT molecular complexity index is 124. The number of hydrogen-bond acceptors (Lipinski definition) is 3. The molecule has 0 aliphatic heterocycles. The zero-order valence-electron chi connectivity index (χ0n) is 7.09. The maximum Gasteiger partial charge on any atom is 0.322 e. The first kappa shape index (κ1) is 14.2. The minimum absolute atomic E-state index is 0. The summed E-state index contributed by atoms with van der Waals surface area (Å²) in [5, 5.41) is 0. The molecule has 12 heavy (non-hydrogen) atoms. The fraction of sp³-hybridized carbons (Fsp3) is 0.857. The minimum Gasteiger partial charge on any atom is -0.468 e. The van der Waals surface area contributed by atoms with Gasteiger partial charge in [0, 0.05) is 0 Å². The molecule has 0 saturated carbocycles. The first-order valence-electron chi connectivity index (χ1n) is 3.61. The molecule has 0 aromatic heterocycles. The van der Waals surface area contributed by atoms with Gasteiger partial charge < -0.3 is 10.5 Å². The molecule has 0 amide bonds. The van der Waals surface area contributed by atoms with Gasteiger partial charge in [0.1, 0.15) is 6.04 Å². The molecular formula is C7H15ClFNO2. The van der Waals surface area contributed by atoms with E-state index in [1.807, 2.05) is 0 Å². The van der Waals surface area contributed by atoms with Gasteiger partial charge in [-0.2, -0.15) is 0 Å². The van der Waals surface area contributed by atoms with Crippen LogP contribution in [0.15, 0.2) is 0 Å². The van der Waals surface area contributed by atoms with Gasteiger partial charge >= 0.3 is 5.97 Å². The predicted octanol–water partition coefficient (Wildman–Crippen LogP) is 1.05. The number of hydrogen-bond donors (Lipinski definition) is 1. The van der Waals surface area contributed by atoms with Crippen LogP contribution in [0.5, 0.6) is 0 Å². The van der Waals surface area contributed by atoms with Crippen LogP contribution < -0.4 is 5.73 Å². The van der Waals surface area contributed by atoms with E-state index in [9.17, 15) is 9.18 Å². The number of rotatable bonds is 5. The molecule has 5 heteroatoms. The van der Waals surface area contributed by atoms with Crippen LogP contribution >= 0.6 is 12.4 Å². The van der Waals surface area contributed by atoms with E-state index in [0.29, 0.717) is 19.3 Å². The monoisotopic (exact) mass is 199 g/mol. The number of unbranched alkanes of at least 4 members (excludes halogenated alkanes) is 1. The van der Waals surface area contributed by atoms with E-state index in [-0.39, 0.29) is 19.1 Å². The second-order valence-electron chi connectivity index (χ2n) is 2.31. The van der Waals surface area contributed by atoms with E-state index >= 15 is 0 Å². The Hall–Kier alpha value is -0.350. The van der Waals surface area contributed by atoms with E-state index in [1.54, 1.807) is 0 Å². The molecule has 1 unspecified atom stereocenters. The Labute approximate surface area is 77.9 Å². The van der Waals surface area contributed by atoms with Crippen LogP contribution in [-0.4, -0.2) is 25.8 Å². The topological polar surface area (TPSA) is 52.3 Å². The summed E-state index contributed by atoms with van der Waals surface area (Å²) in [6.07, 6.45) is 1.59. The van der Waals surface area contributed by atoms with Crippen molar-refractivity contribution in [2.24, 2.45) is 5.73 Å². The van der Waals surface area contributed by atoms with Crippen LogP contribution in [0.25, 0.3) is 0 Å². The lowest BCUT2D eigenvalue weighted by molar-refractivity contribution is -0.142. The molecule has 0 aromatic carbocycles. The van der Waals surface area contributed by atoms with E-state index in [0.717, 1.165) is 0 Å². The van der Waals surface area contributed by atoms with Crippen LogP contribution in [0.2, 0.25) is 0 Å². The van der Waals surface area contributed by atoms with E-state index in [2.05, 4.69) is 4.74 Å². The largest absolute Gasteiger partial charge is 0.468 e. The molecule has 2 N–H and O–H groups in total. The Morgan fingerprint density at radius 3 is 2.58 bits per heavy atom. The van der Waals surface area contributed by atoms with Crippen molar-refractivity contribution in [3.05, 3.63) is 0 Å². The quantitative estimate of drug-likeness (QED) is 0.532. The molecule has 0 saturated heterocycles. The fourth-order valence-electron chi connectivity index (χ4n) is 0.728. The Kier molecular flexibility index (Phi) is 10.3. The summed E-state index contributed by atoms with van der Waals surface area (Å²) < 4.78 is 16.0. The summed E-state index contributed by atoms with van der Waals surface area (Å²) in [4.78, 5) is 10.7. The number of carbonyl (C=O) groups is 1. The van der Waals surface area contributed by atoms with Gasteiger partial charge in [-0.3, -0.25) is 9.18 Å². The first-order valence-corrected chi connectivity index (χ1v) is 3.61. The molecule has 0 radical (unpaired) electrons. The van der Waals surface area contributed by atoms with Gasteiger partial charge in [0.05, 0.1) is 13.8 Å². The van der Waals surface area contributed by atoms with Crippen LogP contribution in [0.3, 0.4) is 0 Å². The van der Waals surface area contributed by atoms with Crippen molar-refractivity contribution in [1.29, 1.82) is 0 Å². The average Bonchev–Trinajstić information content (AvgIpc) is 2.03. The lowest BCUT2D eigenvalue weighted by atomic mass is 10.1. The van der Waals surface area contributed by atoms with Crippen molar-refractivity contribution in [2.45, 2.75) is 25.3 Å². The maximum absolute atomic E-state index is 11.6. The van der Waals surface area contributed by atoms with Crippen molar-refractivity contribution < 1.29 is 13.9 Å². The molecule has 0 fully saturated rings. The molecule has 0 rings (SSSR count). The van der Waals surface area contributed by atoms with Gasteiger partial charge in [-0.25, -0.2) is 0 Å². The summed E-state index contributed by atoms with van der Waals surface area (Å²) in [5.74, 6) is -0.427. The number of methoxy groups -OCH3 is 1. The summed E-state index contributed by atoms with van der Waals surface area (Å²) in [5.41, 5.74) is 5.37. The smallest absolute Gasteiger partial charge is 0.322 e. The Morgan fingerprint density at radius 2 is 2.17 bits per heavy atom. The number of alkyl halides is 1. The third kappa shape index (κ3) is 6.37. The number of esters is 1. The Morgan fingerprint density at radius 1 is 1.58 bits per heavy atom. The highest BCUT2D eigenvalue weighted by atomic mass is 35.5. The van der Waals surface area contributed by atoms with Crippen molar-refractivity contribution in [3.8, 4) is 0 Å². The molecule has 74 valence electrons. The van der Waals surface area contributed by atoms with E-state index in [1.165, 1.54) is 7.11 Å². The highest BCUT2D eigenvalue weighted by Gasteiger charge is 2.11. The van der Waals surface area contributed by atoms with Crippen LogP contribution in [0.1, 0.15) is 19.3 Å². The summed E-state index contributed by atoms with van der Waals surface area (Å²) in [6.45, 7) is -0.353. The molecule has 0 heterocycles. The van der Waals surface area contributed by atoms with Crippen LogP contribution in [0.4, 0.5) is 4.39 Å². The number of halogens is 2. The van der Waals surface area contributed by atoms with Crippen molar-refractivity contribution in [2.75, 3.05) is 13.8 Å². The molecule has 3 nitrogen and oxygen atoms in total. The molecule has 0 spiro atoms. The molecular weight excluding hydrogens is 185 g/mol. The summed E-state index contributed by atoms with van der Waals surface area (Å²) >= 11 is 0. The standard InChI is InChI=1S/C7H14FNO2.ClH/c1-11-7(10)6(9)4-2-3-5-8;/h6H,2-5,9H2,1H3;1H. The third-order valence-electron chi connectivity index (χ3n) is 1.40. The highest BCUT2D eigenvalue weighted by Crippen LogP contribution is 2.00. The maximum atomic E-state index is 11.6. The number of ether oxygens (including phenoxy) is 1. The number of carbonyl (C=O) groups excluding carboxylic acids is 1. The fourth-order valence-corrected chi connectivity index (χ4v) is 0.728. The van der Waals surface area contributed by atoms with Gasteiger partial charge in [0.2, 0.25) is 0 Å². The van der Waals surface area contributed by atoms with Gasteiger partial charge in [0.15, 0.2) is 0 Å². The molecule has 0 aliphatic rings. The first-order chi connectivity index (χ1) is 5.22. The Balaban J connectivity index is 0. The average molecular weight is 200 g/mol. The third-order valence-corrected chi connectivity index (χ3v) is 1.40. The lowest BCUT2D eigenvalue weighted by Crippen LogP contribution is -2.31. The number of nitrogens with two attached hydrogens (primary N) is 1. The van der Waals surface area contributed by atoms with E-state index in [4.69, 9.17) is 5.73 Å². The molecule has 0 aliphatic carbocycles. The SMILES string of the molecule is COC(=O)C(N)CCCCF.Cl. The van der Waals surface area contributed by atoms with Crippen molar-refractivity contribution in [3.63, 3.8) is 0 Å². The summed E-state index contributed by atoms with van der Waals surface area (Å²) in [7, 11) is 1.29. The van der Waals surface area contributed by atoms with Crippen LogP contribution in [-0.2, 0) is 9.53 Å². The minimum atomic E-state index is -0.591. The molecule has 0 bridgehead atoms. The second kappa shape index (κ2) is 8.74. The lowest BCUT2D eigenvalue weighted by Gasteiger charge is -2.06. The van der Waals surface area contributed by atoms with Crippen molar-refractivity contribution >= 4 is 18.4 Å². The van der Waals surface area contributed by atoms with Gasteiger partial charge in [-0.05, 0) is 19.3 Å². The van der Waals surface area contributed by atoms with Crippen molar-refractivity contribution in [1.82, 2.24) is 0 Å². The van der Waals surface area contributed by atoms with Gasteiger partial charge in [-0.15, -0.1) is 12.4 Å². The highest BCUT2D eigenvalue weighted by molar-refractivity contribution is 5.85. The molecule has 0 aromatic rings. The second-order valence-corrected chi connectivity index (χ2v) is 2.31. The van der Waals surface area contributed by atoms with Crippen LogP contribution in [0, 0.1) is 0 Å². The van der Waals surface area contributed by atoms with Gasteiger partial charge in [0.25, 0.3) is 0 Å².